The SMILES string of the molecule is COc1ccccc1NC(=O)c1ccc(NC(=O)COc2ccc(C)cc2Br)cc1. The number of anilines is 2. The summed E-state index contributed by atoms with van der Waals surface area (Å²) in [5.74, 6) is 0.604. The van der Waals surface area contributed by atoms with Crippen LogP contribution < -0.4 is 20.1 Å². The molecule has 3 rings (SSSR count). The number of methoxy groups -OCH3 is 1. The fourth-order valence-corrected chi connectivity index (χ4v) is 3.32. The fourth-order valence-electron chi connectivity index (χ4n) is 2.71. The zero-order valence-corrected chi connectivity index (χ0v) is 18.2. The number of hydrogen-bond acceptors (Lipinski definition) is 4. The molecule has 154 valence electrons. The molecule has 0 saturated carbocycles. The van der Waals surface area contributed by atoms with Crippen LogP contribution in [0.2, 0.25) is 0 Å². The Bertz CT molecular complexity index is 1050. The molecule has 0 spiro atoms. The van der Waals surface area contributed by atoms with Crippen LogP contribution in [0.1, 0.15) is 15.9 Å². The van der Waals surface area contributed by atoms with E-state index in [4.69, 9.17) is 9.47 Å². The van der Waals surface area contributed by atoms with Crippen molar-refractivity contribution in [2.45, 2.75) is 6.92 Å². The van der Waals surface area contributed by atoms with Crippen LogP contribution in [0, 0.1) is 6.92 Å². The van der Waals surface area contributed by atoms with Crippen molar-refractivity contribution < 1.29 is 19.1 Å². The summed E-state index contributed by atoms with van der Waals surface area (Å²) in [6.07, 6.45) is 0. The highest BCUT2D eigenvalue weighted by Crippen LogP contribution is 2.26. The molecule has 30 heavy (non-hydrogen) atoms. The molecule has 3 aromatic carbocycles. The van der Waals surface area contributed by atoms with E-state index in [9.17, 15) is 9.59 Å². The van der Waals surface area contributed by atoms with Gasteiger partial charge in [-0.05, 0) is 76.9 Å². The molecule has 0 saturated heterocycles. The van der Waals surface area contributed by atoms with Crippen molar-refractivity contribution in [1.82, 2.24) is 0 Å². The van der Waals surface area contributed by atoms with Gasteiger partial charge in [-0.15, -0.1) is 0 Å². The van der Waals surface area contributed by atoms with E-state index in [0.717, 1.165) is 10.0 Å². The van der Waals surface area contributed by atoms with Gasteiger partial charge >= 0.3 is 0 Å². The number of hydrogen-bond donors (Lipinski definition) is 2. The average Bonchev–Trinajstić information content (AvgIpc) is 2.74. The smallest absolute Gasteiger partial charge is 0.262 e. The van der Waals surface area contributed by atoms with Crippen LogP contribution in [0.25, 0.3) is 0 Å². The van der Waals surface area contributed by atoms with Gasteiger partial charge in [0.15, 0.2) is 6.61 Å². The minimum Gasteiger partial charge on any atom is -0.495 e. The second-order valence-electron chi connectivity index (χ2n) is 6.50. The van der Waals surface area contributed by atoms with Gasteiger partial charge in [-0.3, -0.25) is 9.59 Å². The lowest BCUT2D eigenvalue weighted by Crippen LogP contribution is -2.20. The number of amides is 2. The first-order valence-electron chi connectivity index (χ1n) is 9.19. The third-order valence-electron chi connectivity index (χ3n) is 4.23. The lowest BCUT2D eigenvalue weighted by atomic mass is 10.2. The van der Waals surface area contributed by atoms with E-state index in [1.807, 2.05) is 37.3 Å². The highest BCUT2D eigenvalue weighted by molar-refractivity contribution is 9.10. The summed E-state index contributed by atoms with van der Waals surface area (Å²) in [7, 11) is 1.55. The molecule has 0 fully saturated rings. The van der Waals surface area contributed by atoms with Crippen LogP contribution in [-0.2, 0) is 4.79 Å². The number of para-hydroxylation sites is 2. The minimum absolute atomic E-state index is 0.127. The van der Waals surface area contributed by atoms with Crippen LogP contribution in [-0.4, -0.2) is 25.5 Å². The Kier molecular flexibility index (Phi) is 7.08. The number of rotatable bonds is 7. The van der Waals surface area contributed by atoms with Crippen molar-refractivity contribution in [2.24, 2.45) is 0 Å². The number of carbonyl (C=O) groups is 2. The Morgan fingerprint density at radius 1 is 0.933 bits per heavy atom. The summed E-state index contributed by atoms with van der Waals surface area (Å²) >= 11 is 3.42. The molecule has 2 N–H and O–H groups in total. The Morgan fingerprint density at radius 3 is 2.37 bits per heavy atom. The number of ether oxygens (including phenoxy) is 2. The van der Waals surface area contributed by atoms with Crippen LogP contribution in [0.4, 0.5) is 11.4 Å². The second kappa shape index (κ2) is 9.93. The topological polar surface area (TPSA) is 76.7 Å². The predicted octanol–water partition coefficient (Wildman–Crippen LogP) is 5.04. The molecule has 7 heteroatoms. The molecular weight excluding hydrogens is 448 g/mol. The molecule has 0 atom stereocenters. The lowest BCUT2D eigenvalue weighted by molar-refractivity contribution is -0.118. The van der Waals surface area contributed by atoms with E-state index in [0.29, 0.717) is 28.4 Å². The van der Waals surface area contributed by atoms with Gasteiger partial charge in [0, 0.05) is 11.3 Å². The van der Waals surface area contributed by atoms with Crippen LogP contribution in [0.15, 0.2) is 71.2 Å². The number of nitrogens with one attached hydrogen (secondary N) is 2. The van der Waals surface area contributed by atoms with Crippen LogP contribution >= 0.6 is 15.9 Å². The van der Waals surface area contributed by atoms with Gasteiger partial charge in [-0.2, -0.15) is 0 Å². The van der Waals surface area contributed by atoms with Gasteiger partial charge in [0.1, 0.15) is 11.5 Å². The van der Waals surface area contributed by atoms with Crippen LogP contribution in [0.3, 0.4) is 0 Å². The monoisotopic (exact) mass is 468 g/mol. The average molecular weight is 469 g/mol. The first kappa shape index (κ1) is 21.4. The molecule has 0 aliphatic heterocycles. The maximum atomic E-state index is 12.5. The Hall–Kier alpha value is -3.32. The van der Waals surface area contributed by atoms with E-state index < -0.39 is 0 Å². The molecule has 3 aromatic rings. The number of benzene rings is 3. The lowest BCUT2D eigenvalue weighted by Gasteiger charge is -2.11. The first-order chi connectivity index (χ1) is 14.5. The Labute approximate surface area is 183 Å². The molecule has 0 aromatic heterocycles. The second-order valence-corrected chi connectivity index (χ2v) is 7.36. The van der Waals surface area contributed by atoms with Crippen molar-refractivity contribution in [3.63, 3.8) is 0 Å². The van der Waals surface area contributed by atoms with E-state index >= 15 is 0 Å². The quantitative estimate of drug-likeness (QED) is 0.509. The normalized spacial score (nSPS) is 10.2. The van der Waals surface area contributed by atoms with Crippen LogP contribution in [0.5, 0.6) is 11.5 Å². The highest BCUT2D eigenvalue weighted by Gasteiger charge is 2.10. The third-order valence-corrected chi connectivity index (χ3v) is 4.85. The van der Waals surface area contributed by atoms with Gasteiger partial charge in [0.25, 0.3) is 11.8 Å². The van der Waals surface area contributed by atoms with Crippen molar-refractivity contribution in [1.29, 1.82) is 0 Å². The largest absolute Gasteiger partial charge is 0.495 e. The molecule has 0 heterocycles. The standard InChI is InChI=1S/C23H21BrN2O4/c1-15-7-12-20(18(24)13-15)30-14-22(27)25-17-10-8-16(9-11-17)23(28)26-19-5-3-4-6-21(19)29-2/h3-13H,14H2,1-2H3,(H,25,27)(H,26,28). The summed E-state index contributed by atoms with van der Waals surface area (Å²) in [6.45, 7) is 1.85. The Morgan fingerprint density at radius 2 is 1.67 bits per heavy atom. The Balaban J connectivity index is 1.56. The molecule has 0 bridgehead atoms. The van der Waals surface area contributed by atoms with E-state index in [-0.39, 0.29) is 18.4 Å². The fraction of sp³-hybridized carbons (Fsp3) is 0.130. The summed E-state index contributed by atoms with van der Waals surface area (Å²) in [5.41, 5.74) is 2.70. The molecule has 0 radical (unpaired) electrons. The van der Waals surface area contributed by atoms with Crippen molar-refractivity contribution in [3.8, 4) is 11.5 Å². The molecule has 2 amide bonds. The van der Waals surface area contributed by atoms with E-state index in [2.05, 4.69) is 26.6 Å². The van der Waals surface area contributed by atoms with Gasteiger partial charge in [-0.1, -0.05) is 18.2 Å². The van der Waals surface area contributed by atoms with Crippen molar-refractivity contribution in [2.75, 3.05) is 24.4 Å². The summed E-state index contributed by atoms with van der Waals surface area (Å²) < 4.78 is 11.6. The van der Waals surface area contributed by atoms with Gasteiger partial charge in [-0.25, -0.2) is 0 Å². The van der Waals surface area contributed by atoms with Crippen molar-refractivity contribution >= 4 is 39.1 Å². The van der Waals surface area contributed by atoms with Gasteiger partial charge in [0.05, 0.1) is 17.3 Å². The molecule has 0 unspecified atom stereocenters. The molecule has 0 aliphatic carbocycles. The number of carbonyl (C=O) groups excluding carboxylic acids is 2. The molecule has 6 nitrogen and oxygen atoms in total. The maximum absolute atomic E-state index is 12.5. The van der Waals surface area contributed by atoms with Gasteiger partial charge in [0.2, 0.25) is 0 Å². The zero-order chi connectivity index (χ0) is 21.5. The van der Waals surface area contributed by atoms with E-state index in [1.54, 1.807) is 43.5 Å². The summed E-state index contributed by atoms with van der Waals surface area (Å²) in [5, 5.41) is 5.56. The predicted molar refractivity (Wildman–Crippen MR) is 120 cm³/mol. The van der Waals surface area contributed by atoms with Crippen molar-refractivity contribution in [3.05, 3.63) is 82.3 Å². The zero-order valence-electron chi connectivity index (χ0n) is 16.6. The molecule has 0 aliphatic rings. The summed E-state index contributed by atoms with van der Waals surface area (Å²) in [4.78, 5) is 24.6. The number of aryl methyl sites for hydroxylation is 1. The highest BCUT2D eigenvalue weighted by atomic mass is 79.9. The minimum atomic E-state index is -0.298. The first-order valence-corrected chi connectivity index (χ1v) is 9.99. The van der Waals surface area contributed by atoms with Gasteiger partial charge < -0.3 is 20.1 Å². The molecular formula is C23H21BrN2O4. The maximum Gasteiger partial charge on any atom is 0.262 e. The summed E-state index contributed by atoms with van der Waals surface area (Å²) in [6, 6.07) is 19.4. The number of halogens is 1. The van der Waals surface area contributed by atoms with E-state index in [1.165, 1.54) is 0 Å². The third kappa shape index (κ3) is 5.61.